The first-order valence-electron chi connectivity index (χ1n) is 24.2. The van der Waals surface area contributed by atoms with Crippen LogP contribution in [0.1, 0.15) is 194 Å². The molecule has 0 aliphatic heterocycles. The summed E-state index contributed by atoms with van der Waals surface area (Å²) in [7, 11) is -4.64. The number of aliphatic hydroxyl groups is 3. The Bertz CT molecular complexity index is 1250. The number of hydrogen-bond donors (Lipinski definition) is 4. The summed E-state index contributed by atoms with van der Waals surface area (Å²) in [5, 5.41) is 28.1. The molecule has 360 valence electrons. The lowest BCUT2D eigenvalue weighted by molar-refractivity contribution is -0.161. The van der Waals surface area contributed by atoms with Crippen molar-refractivity contribution in [3.8, 4) is 0 Å². The number of rotatable bonds is 44. The van der Waals surface area contributed by atoms with E-state index >= 15 is 0 Å². The van der Waals surface area contributed by atoms with Gasteiger partial charge in [0.05, 0.1) is 25.9 Å². The molecular weight excluding hydrogens is 808 g/mol. The normalized spacial score (nSPS) is 14.8. The summed E-state index contributed by atoms with van der Waals surface area (Å²) in [6, 6.07) is 0. The second-order valence-corrected chi connectivity index (χ2v) is 18.2. The third kappa shape index (κ3) is 44.2. The number of carbonyl (C=O) groups excluding carboxylic acids is 2. The molecule has 0 rings (SSSR count). The Hall–Kier alpha value is -2.37. The molecule has 0 radical (unpaired) electrons. The predicted molar refractivity (Wildman–Crippen MR) is 253 cm³/mol. The van der Waals surface area contributed by atoms with Crippen molar-refractivity contribution >= 4 is 19.8 Å². The van der Waals surface area contributed by atoms with Crippen molar-refractivity contribution < 1.29 is 52.9 Å². The number of unbranched alkanes of at least 4 members (excludes halogenated alkanes) is 18. The Morgan fingerprint density at radius 1 is 0.597 bits per heavy atom. The summed E-state index contributed by atoms with van der Waals surface area (Å²) in [6.45, 7) is 4.44. The molecule has 0 saturated heterocycles. The fourth-order valence-corrected chi connectivity index (χ4v) is 7.26. The van der Waals surface area contributed by atoms with E-state index in [0.29, 0.717) is 25.7 Å². The molecule has 0 aromatic heterocycles. The van der Waals surface area contributed by atoms with E-state index in [0.717, 1.165) is 44.4 Å². The average molecular weight is 897 g/mol. The van der Waals surface area contributed by atoms with Crippen LogP contribution in [0.3, 0.4) is 0 Å². The van der Waals surface area contributed by atoms with Crippen molar-refractivity contribution in [2.75, 3.05) is 26.4 Å². The zero-order valence-corrected chi connectivity index (χ0v) is 40.0. The highest BCUT2D eigenvalue weighted by molar-refractivity contribution is 7.47. The van der Waals surface area contributed by atoms with E-state index in [9.17, 15) is 29.3 Å². The lowest BCUT2D eigenvalue weighted by Gasteiger charge is -2.20. The number of hydrogen-bond acceptors (Lipinski definition) is 10. The van der Waals surface area contributed by atoms with Crippen LogP contribution >= 0.6 is 7.82 Å². The van der Waals surface area contributed by atoms with Crippen molar-refractivity contribution in [1.82, 2.24) is 0 Å². The molecule has 0 heterocycles. The smallest absolute Gasteiger partial charge is 0.462 e. The average Bonchev–Trinajstić information content (AvgIpc) is 3.24. The highest BCUT2D eigenvalue weighted by Gasteiger charge is 2.27. The van der Waals surface area contributed by atoms with Crippen LogP contribution in [-0.2, 0) is 32.7 Å². The summed E-state index contributed by atoms with van der Waals surface area (Å²) < 4.78 is 32.7. The highest BCUT2D eigenvalue weighted by Crippen LogP contribution is 2.43. The van der Waals surface area contributed by atoms with Crippen LogP contribution in [0.5, 0.6) is 0 Å². The van der Waals surface area contributed by atoms with Gasteiger partial charge in [-0.2, -0.15) is 0 Å². The molecule has 0 fully saturated rings. The van der Waals surface area contributed by atoms with Crippen molar-refractivity contribution in [3.05, 3.63) is 60.8 Å². The zero-order valence-electron chi connectivity index (χ0n) is 39.1. The molecule has 0 aliphatic carbocycles. The van der Waals surface area contributed by atoms with Crippen LogP contribution in [0.15, 0.2) is 60.8 Å². The fraction of sp³-hybridized carbons (Fsp3) is 0.760. The second kappa shape index (κ2) is 43.9. The van der Waals surface area contributed by atoms with E-state index < -0.39 is 57.9 Å². The SMILES string of the molecule is CC/C=C\C(O)C/C=C/C=C\C/C=C\C/C=C\CCCC(=O)OC[C@H](COP(=O)(O)OC[C@@H](O)CO)OC(=O)CCCCCCCCCCCCCCCCCCCCC(C)C. The number of esters is 2. The first-order chi connectivity index (χ1) is 30.0. The third-order valence-electron chi connectivity index (χ3n) is 10.2. The minimum absolute atomic E-state index is 0.144. The Kier molecular flexibility index (Phi) is 42.2. The Balaban J connectivity index is 4.30. The first-order valence-corrected chi connectivity index (χ1v) is 25.7. The van der Waals surface area contributed by atoms with Crippen LogP contribution in [0.25, 0.3) is 0 Å². The molecule has 62 heavy (non-hydrogen) atoms. The van der Waals surface area contributed by atoms with Gasteiger partial charge in [0.1, 0.15) is 12.7 Å². The van der Waals surface area contributed by atoms with Gasteiger partial charge in [-0.1, -0.05) is 197 Å². The minimum atomic E-state index is -4.64. The van der Waals surface area contributed by atoms with Crippen LogP contribution in [0.2, 0.25) is 0 Å². The van der Waals surface area contributed by atoms with Crippen LogP contribution < -0.4 is 0 Å². The lowest BCUT2D eigenvalue weighted by atomic mass is 10.0. The maximum atomic E-state index is 12.7. The van der Waals surface area contributed by atoms with Crippen molar-refractivity contribution in [3.63, 3.8) is 0 Å². The molecule has 2 unspecified atom stereocenters. The maximum Gasteiger partial charge on any atom is 0.472 e. The molecule has 0 aliphatic rings. The van der Waals surface area contributed by atoms with Crippen molar-refractivity contribution in [2.24, 2.45) is 5.92 Å². The standard InChI is InChI=1S/C50H89O11P/c1-4-5-37-46(52)38-33-29-25-21-17-14-15-18-22-26-30-34-39-49(54)58-43-48(44-60-62(56,57)59-42-47(53)41-51)61-50(55)40-35-31-27-23-19-13-11-9-7-6-8-10-12-16-20-24-28-32-36-45(2)3/h5,14-15,21-22,25-26,29,33,37,45-48,51-53H,4,6-13,16-20,23-24,27-28,30-32,34-36,38-44H2,1-3H3,(H,56,57)/b15-14-,25-21-,26-22-,33-29+,37-5-/t46?,47-,48+/m0/s1. The van der Waals surface area contributed by atoms with Gasteiger partial charge in [-0.25, -0.2) is 4.57 Å². The molecule has 0 amide bonds. The summed E-state index contributed by atoms with van der Waals surface area (Å²) in [5.74, 6) is -0.177. The molecule has 0 aromatic rings. The van der Waals surface area contributed by atoms with Crippen LogP contribution in [0, 0.1) is 5.92 Å². The fourth-order valence-electron chi connectivity index (χ4n) is 6.47. The van der Waals surface area contributed by atoms with E-state index in [1.807, 2.05) is 55.5 Å². The second-order valence-electron chi connectivity index (χ2n) is 16.8. The van der Waals surface area contributed by atoms with E-state index in [-0.39, 0.29) is 19.4 Å². The number of carbonyl (C=O) groups is 2. The molecule has 0 aromatic carbocycles. The van der Waals surface area contributed by atoms with Gasteiger partial charge in [-0.3, -0.25) is 18.6 Å². The number of ether oxygens (including phenoxy) is 2. The Morgan fingerprint density at radius 2 is 1.10 bits per heavy atom. The zero-order chi connectivity index (χ0) is 45.8. The van der Waals surface area contributed by atoms with E-state index in [4.69, 9.17) is 23.6 Å². The third-order valence-corrected chi connectivity index (χ3v) is 11.1. The molecule has 0 spiro atoms. The predicted octanol–water partition coefficient (Wildman–Crippen LogP) is 12.3. The maximum absolute atomic E-state index is 12.7. The Labute approximate surface area is 377 Å². The molecular formula is C50H89O11P. The van der Waals surface area contributed by atoms with Gasteiger partial charge in [-0.15, -0.1) is 0 Å². The van der Waals surface area contributed by atoms with E-state index in [1.165, 1.54) is 96.3 Å². The van der Waals surface area contributed by atoms with E-state index in [1.54, 1.807) is 0 Å². The van der Waals surface area contributed by atoms with Crippen molar-refractivity contribution in [1.29, 1.82) is 0 Å². The number of phosphoric ester groups is 1. The number of allylic oxidation sites excluding steroid dienone is 8. The van der Waals surface area contributed by atoms with Gasteiger partial charge in [0.15, 0.2) is 6.10 Å². The summed E-state index contributed by atoms with van der Waals surface area (Å²) in [6.07, 6.45) is 45.4. The molecule has 11 nitrogen and oxygen atoms in total. The molecule has 0 saturated carbocycles. The minimum Gasteiger partial charge on any atom is -0.462 e. The quantitative estimate of drug-likeness (QED) is 0.0151. The molecule has 12 heteroatoms. The van der Waals surface area contributed by atoms with Gasteiger partial charge in [0, 0.05) is 12.8 Å². The highest BCUT2D eigenvalue weighted by atomic mass is 31.2. The van der Waals surface area contributed by atoms with Crippen molar-refractivity contribution in [2.45, 2.75) is 212 Å². The van der Waals surface area contributed by atoms with E-state index in [2.05, 4.69) is 26.0 Å². The van der Waals surface area contributed by atoms with Gasteiger partial charge < -0.3 is 29.7 Å². The summed E-state index contributed by atoms with van der Waals surface area (Å²) >= 11 is 0. The number of phosphoric acid groups is 1. The van der Waals surface area contributed by atoms with Gasteiger partial charge in [0.2, 0.25) is 0 Å². The Morgan fingerprint density at radius 3 is 1.66 bits per heavy atom. The topological polar surface area (TPSA) is 169 Å². The first kappa shape index (κ1) is 59.6. The van der Waals surface area contributed by atoms with Crippen LogP contribution in [-0.4, -0.2) is 76.9 Å². The van der Waals surface area contributed by atoms with Crippen LogP contribution in [0.4, 0.5) is 0 Å². The van der Waals surface area contributed by atoms with Gasteiger partial charge in [0.25, 0.3) is 0 Å². The monoisotopic (exact) mass is 897 g/mol. The largest absolute Gasteiger partial charge is 0.472 e. The van der Waals surface area contributed by atoms with Gasteiger partial charge >= 0.3 is 19.8 Å². The molecule has 0 bridgehead atoms. The van der Waals surface area contributed by atoms with Gasteiger partial charge in [-0.05, 0) is 50.9 Å². The summed E-state index contributed by atoms with van der Waals surface area (Å²) in [4.78, 5) is 35.1. The molecule has 4 atom stereocenters. The molecule has 4 N–H and O–H groups in total. The number of aliphatic hydroxyl groups excluding tert-OH is 3. The lowest BCUT2D eigenvalue weighted by Crippen LogP contribution is -2.29. The summed E-state index contributed by atoms with van der Waals surface area (Å²) in [5.41, 5.74) is 0.